The third kappa shape index (κ3) is 5.10. The van der Waals surface area contributed by atoms with Crippen molar-refractivity contribution in [2.24, 2.45) is 0 Å². The average Bonchev–Trinajstić information content (AvgIpc) is 2.67. The summed E-state index contributed by atoms with van der Waals surface area (Å²) in [5.74, 6) is -0.228. The number of ether oxygens (including phenoxy) is 1. The Kier molecular flexibility index (Phi) is 5.45. The van der Waals surface area contributed by atoms with E-state index in [0.717, 1.165) is 11.1 Å². The molecule has 6 heteroatoms. The molecule has 0 fully saturated rings. The van der Waals surface area contributed by atoms with Crippen molar-refractivity contribution in [2.45, 2.75) is 6.18 Å². The summed E-state index contributed by atoms with van der Waals surface area (Å²) in [7, 11) is 0. The van der Waals surface area contributed by atoms with Gasteiger partial charge in [-0.15, -0.1) is 0 Å². The Hall–Kier alpha value is -3.28. The minimum atomic E-state index is -4.39. The number of hydrogen-bond acceptors (Lipinski definition) is 2. The van der Waals surface area contributed by atoms with E-state index >= 15 is 0 Å². The van der Waals surface area contributed by atoms with E-state index in [0.29, 0.717) is 11.3 Å². The fourth-order valence-corrected chi connectivity index (χ4v) is 2.55. The Bertz CT molecular complexity index is 907. The second-order valence-corrected chi connectivity index (χ2v) is 5.79. The lowest BCUT2D eigenvalue weighted by Gasteiger charge is -2.12. The lowest BCUT2D eigenvalue weighted by Crippen LogP contribution is -2.19. The Balaban J connectivity index is 1.73. The van der Waals surface area contributed by atoms with Gasteiger partial charge in [-0.2, -0.15) is 13.2 Å². The van der Waals surface area contributed by atoms with Gasteiger partial charge in [0.25, 0.3) is 5.91 Å². The third-order valence-corrected chi connectivity index (χ3v) is 3.77. The standard InChI is InChI=1S/C21H16F3NO2/c22-21(23,24)14-27-17-12-10-16(11-13-17)25-20(26)19-9-5-4-8-18(19)15-6-2-1-3-7-15/h1-13H,14H2,(H,25,26). The van der Waals surface area contributed by atoms with Crippen LogP contribution in [0.1, 0.15) is 10.4 Å². The van der Waals surface area contributed by atoms with Gasteiger partial charge in [-0.1, -0.05) is 48.5 Å². The second kappa shape index (κ2) is 7.95. The minimum Gasteiger partial charge on any atom is -0.484 e. The zero-order valence-corrected chi connectivity index (χ0v) is 14.2. The van der Waals surface area contributed by atoms with Crippen molar-refractivity contribution in [1.29, 1.82) is 0 Å². The van der Waals surface area contributed by atoms with Crippen molar-refractivity contribution in [1.82, 2.24) is 0 Å². The van der Waals surface area contributed by atoms with Crippen molar-refractivity contribution in [3.8, 4) is 16.9 Å². The molecule has 0 aliphatic heterocycles. The SMILES string of the molecule is O=C(Nc1ccc(OCC(F)(F)F)cc1)c1ccccc1-c1ccccc1. The van der Waals surface area contributed by atoms with Crippen LogP contribution in [0.4, 0.5) is 18.9 Å². The van der Waals surface area contributed by atoms with Crippen LogP contribution in [-0.2, 0) is 0 Å². The summed E-state index contributed by atoms with van der Waals surface area (Å²) < 4.78 is 41.2. The highest BCUT2D eigenvalue weighted by Crippen LogP contribution is 2.25. The normalized spacial score (nSPS) is 11.1. The molecule has 3 aromatic rings. The second-order valence-electron chi connectivity index (χ2n) is 5.79. The molecule has 0 saturated carbocycles. The first-order valence-electron chi connectivity index (χ1n) is 8.18. The maximum Gasteiger partial charge on any atom is 0.422 e. The molecule has 0 atom stereocenters. The number of alkyl halides is 3. The zero-order chi connectivity index (χ0) is 19.3. The number of halogens is 3. The van der Waals surface area contributed by atoms with Gasteiger partial charge in [-0.25, -0.2) is 0 Å². The number of carbonyl (C=O) groups excluding carboxylic acids is 1. The highest BCUT2D eigenvalue weighted by Gasteiger charge is 2.28. The maximum atomic E-state index is 12.7. The molecule has 0 spiro atoms. The lowest BCUT2D eigenvalue weighted by molar-refractivity contribution is -0.153. The van der Waals surface area contributed by atoms with Crippen LogP contribution in [0.5, 0.6) is 5.75 Å². The molecule has 0 bridgehead atoms. The summed E-state index contributed by atoms with van der Waals surface area (Å²) in [4.78, 5) is 12.7. The van der Waals surface area contributed by atoms with Crippen LogP contribution in [0.3, 0.4) is 0 Å². The lowest BCUT2D eigenvalue weighted by atomic mass is 9.99. The maximum absolute atomic E-state index is 12.7. The first-order valence-corrected chi connectivity index (χ1v) is 8.18. The van der Waals surface area contributed by atoms with Crippen LogP contribution in [0.25, 0.3) is 11.1 Å². The summed E-state index contributed by atoms with van der Waals surface area (Å²) in [5, 5.41) is 2.75. The summed E-state index contributed by atoms with van der Waals surface area (Å²) in [6.07, 6.45) is -4.39. The zero-order valence-electron chi connectivity index (χ0n) is 14.2. The molecule has 27 heavy (non-hydrogen) atoms. The fourth-order valence-electron chi connectivity index (χ4n) is 2.55. The summed E-state index contributed by atoms with van der Waals surface area (Å²) in [6.45, 7) is -1.36. The Morgan fingerprint density at radius 3 is 2.15 bits per heavy atom. The van der Waals surface area contributed by atoms with E-state index in [4.69, 9.17) is 0 Å². The predicted molar refractivity (Wildman–Crippen MR) is 97.8 cm³/mol. The van der Waals surface area contributed by atoms with Gasteiger partial charge in [-0.3, -0.25) is 4.79 Å². The summed E-state index contributed by atoms with van der Waals surface area (Å²) in [6, 6.07) is 22.5. The van der Waals surface area contributed by atoms with Gasteiger partial charge in [-0.05, 0) is 41.5 Å². The first-order chi connectivity index (χ1) is 12.9. The molecule has 1 amide bonds. The molecule has 0 saturated heterocycles. The Labute approximate surface area is 154 Å². The van der Waals surface area contributed by atoms with Crippen LogP contribution < -0.4 is 10.1 Å². The van der Waals surface area contributed by atoms with Gasteiger partial charge in [0.1, 0.15) is 5.75 Å². The highest BCUT2D eigenvalue weighted by atomic mass is 19.4. The topological polar surface area (TPSA) is 38.3 Å². The smallest absolute Gasteiger partial charge is 0.422 e. The van der Waals surface area contributed by atoms with Crippen molar-refractivity contribution < 1.29 is 22.7 Å². The van der Waals surface area contributed by atoms with E-state index in [1.54, 1.807) is 12.1 Å². The predicted octanol–water partition coefficient (Wildman–Crippen LogP) is 5.55. The van der Waals surface area contributed by atoms with Crippen LogP contribution in [0.15, 0.2) is 78.9 Å². The Morgan fingerprint density at radius 1 is 0.852 bits per heavy atom. The van der Waals surface area contributed by atoms with Crippen molar-refractivity contribution in [3.05, 3.63) is 84.4 Å². The van der Waals surface area contributed by atoms with E-state index in [1.807, 2.05) is 42.5 Å². The van der Waals surface area contributed by atoms with Gasteiger partial charge in [0, 0.05) is 11.3 Å². The van der Waals surface area contributed by atoms with E-state index in [-0.39, 0.29) is 11.7 Å². The number of nitrogens with one attached hydrogen (secondary N) is 1. The van der Waals surface area contributed by atoms with E-state index < -0.39 is 12.8 Å². The van der Waals surface area contributed by atoms with Gasteiger partial charge < -0.3 is 10.1 Å². The highest BCUT2D eigenvalue weighted by molar-refractivity contribution is 6.08. The molecule has 0 heterocycles. The molecule has 1 N–H and O–H groups in total. The molecule has 3 nitrogen and oxygen atoms in total. The Morgan fingerprint density at radius 2 is 1.48 bits per heavy atom. The van der Waals surface area contributed by atoms with Crippen LogP contribution in [0, 0.1) is 0 Å². The van der Waals surface area contributed by atoms with Crippen molar-refractivity contribution in [3.63, 3.8) is 0 Å². The minimum absolute atomic E-state index is 0.0787. The fraction of sp³-hybridized carbons (Fsp3) is 0.0952. The molecule has 0 aromatic heterocycles. The summed E-state index contributed by atoms with van der Waals surface area (Å²) >= 11 is 0. The molecule has 3 rings (SSSR count). The van der Waals surface area contributed by atoms with Gasteiger partial charge >= 0.3 is 6.18 Å². The number of carbonyl (C=O) groups is 1. The third-order valence-electron chi connectivity index (χ3n) is 3.77. The molecule has 0 unspecified atom stereocenters. The van der Waals surface area contributed by atoms with Crippen LogP contribution >= 0.6 is 0 Å². The van der Waals surface area contributed by atoms with Crippen molar-refractivity contribution in [2.75, 3.05) is 11.9 Å². The quantitative estimate of drug-likeness (QED) is 0.639. The molecule has 0 aliphatic rings. The first kappa shape index (κ1) is 18.5. The summed E-state index contributed by atoms with van der Waals surface area (Å²) in [5.41, 5.74) is 2.67. The number of anilines is 1. The molecular formula is C21H16F3NO2. The average molecular weight is 371 g/mol. The molecule has 138 valence electrons. The van der Waals surface area contributed by atoms with Crippen LogP contribution in [0.2, 0.25) is 0 Å². The number of amides is 1. The largest absolute Gasteiger partial charge is 0.484 e. The van der Waals surface area contributed by atoms with Crippen molar-refractivity contribution >= 4 is 11.6 Å². The molecule has 0 aliphatic carbocycles. The monoisotopic (exact) mass is 371 g/mol. The number of benzene rings is 3. The molecule has 0 radical (unpaired) electrons. The molecule has 3 aromatic carbocycles. The van der Waals surface area contributed by atoms with Crippen LogP contribution in [-0.4, -0.2) is 18.7 Å². The number of rotatable bonds is 5. The van der Waals surface area contributed by atoms with E-state index in [1.165, 1.54) is 24.3 Å². The van der Waals surface area contributed by atoms with E-state index in [2.05, 4.69) is 10.1 Å². The molecular weight excluding hydrogens is 355 g/mol. The van der Waals surface area contributed by atoms with Gasteiger partial charge in [0.05, 0.1) is 0 Å². The van der Waals surface area contributed by atoms with Gasteiger partial charge in [0.15, 0.2) is 6.61 Å². The van der Waals surface area contributed by atoms with Gasteiger partial charge in [0.2, 0.25) is 0 Å². The van der Waals surface area contributed by atoms with E-state index in [9.17, 15) is 18.0 Å². The number of hydrogen-bond donors (Lipinski definition) is 1.